The molecule has 0 radical (unpaired) electrons. The first-order valence-corrected chi connectivity index (χ1v) is 10.9. The third-order valence-electron chi connectivity index (χ3n) is 5.47. The summed E-state index contributed by atoms with van der Waals surface area (Å²) in [5.41, 5.74) is 1.27. The Hall–Kier alpha value is -3.98. The van der Waals surface area contributed by atoms with Gasteiger partial charge in [-0.1, -0.05) is 0 Å². The predicted octanol–water partition coefficient (Wildman–Crippen LogP) is 4.39. The van der Waals surface area contributed by atoms with Crippen LogP contribution in [0.4, 0.5) is 8.78 Å². The molecular weight excluding hydrogens is 454 g/mol. The summed E-state index contributed by atoms with van der Waals surface area (Å²) in [5, 5.41) is 10.2. The van der Waals surface area contributed by atoms with Crippen LogP contribution >= 0.6 is 0 Å². The lowest BCUT2D eigenvalue weighted by Gasteiger charge is -2.17. The maximum atomic E-state index is 14.0. The summed E-state index contributed by atoms with van der Waals surface area (Å²) in [5.74, 6) is -0.811. The zero-order valence-corrected chi connectivity index (χ0v) is 19.7. The molecule has 1 N–H and O–H groups in total. The Morgan fingerprint density at radius 1 is 1.09 bits per heavy atom. The molecule has 0 aliphatic rings. The van der Waals surface area contributed by atoms with Crippen molar-refractivity contribution in [3.05, 3.63) is 99.6 Å². The summed E-state index contributed by atoms with van der Waals surface area (Å²) in [4.78, 5) is 26.1. The Morgan fingerprint density at radius 2 is 1.86 bits per heavy atom. The molecule has 0 atom stereocenters. The standard InChI is InChI=1S/C26H24F2N4O3/c1-15-9-23(35-14-17-5-6-19(27)11-21(17)28)16(2)24(33)32(15)20-10-18(12-29-13-20)22-7-8-30-25(31-22)26(3,4)34/h5-13,34H,14H2,1-4H3. The highest BCUT2D eigenvalue weighted by molar-refractivity contribution is 5.61. The van der Waals surface area contributed by atoms with Gasteiger partial charge in [-0.05, 0) is 52.0 Å². The summed E-state index contributed by atoms with van der Waals surface area (Å²) in [7, 11) is 0. The van der Waals surface area contributed by atoms with Crippen LogP contribution in [-0.4, -0.2) is 24.6 Å². The summed E-state index contributed by atoms with van der Waals surface area (Å²) in [6.07, 6.45) is 4.73. The van der Waals surface area contributed by atoms with E-state index in [9.17, 15) is 18.7 Å². The zero-order valence-electron chi connectivity index (χ0n) is 19.7. The third-order valence-corrected chi connectivity index (χ3v) is 5.47. The molecule has 7 nitrogen and oxygen atoms in total. The van der Waals surface area contributed by atoms with E-state index in [0.29, 0.717) is 34.0 Å². The molecular formula is C26H24F2N4O3. The summed E-state index contributed by atoms with van der Waals surface area (Å²) < 4.78 is 34.3. The van der Waals surface area contributed by atoms with Crippen molar-refractivity contribution in [2.24, 2.45) is 0 Å². The largest absolute Gasteiger partial charge is 0.488 e. The number of benzene rings is 1. The van der Waals surface area contributed by atoms with Gasteiger partial charge in [0.05, 0.1) is 23.1 Å². The van der Waals surface area contributed by atoms with Crippen molar-refractivity contribution in [3.63, 3.8) is 0 Å². The monoisotopic (exact) mass is 478 g/mol. The Morgan fingerprint density at radius 3 is 2.57 bits per heavy atom. The molecule has 9 heteroatoms. The highest BCUT2D eigenvalue weighted by atomic mass is 19.1. The minimum Gasteiger partial charge on any atom is -0.488 e. The van der Waals surface area contributed by atoms with Crippen LogP contribution in [0.25, 0.3) is 16.9 Å². The molecule has 0 aliphatic carbocycles. The van der Waals surface area contributed by atoms with Gasteiger partial charge in [0.2, 0.25) is 0 Å². The van der Waals surface area contributed by atoms with E-state index in [-0.39, 0.29) is 23.6 Å². The van der Waals surface area contributed by atoms with Crippen LogP contribution in [0.5, 0.6) is 5.75 Å². The summed E-state index contributed by atoms with van der Waals surface area (Å²) in [6, 6.07) is 8.40. The van der Waals surface area contributed by atoms with Gasteiger partial charge in [-0.2, -0.15) is 0 Å². The Balaban J connectivity index is 1.67. The fourth-order valence-corrected chi connectivity index (χ4v) is 3.57. The van der Waals surface area contributed by atoms with Gasteiger partial charge in [0.1, 0.15) is 29.6 Å². The number of aliphatic hydroxyl groups is 1. The van der Waals surface area contributed by atoms with Crippen LogP contribution in [0.15, 0.2) is 59.8 Å². The number of aromatic nitrogens is 4. The minimum absolute atomic E-state index is 0.149. The van der Waals surface area contributed by atoms with E-state index in [4.69, 9.17) is 4.74 Å². The number of rotatable bonds is 6. The number of nitrogens with zero attached hydrogens (tertiary/aromatic N) is 4. The highest BCUT2D eigenvalue weighted by Gasteiger charge is 2.20. The smallest absolute Gasteiger partial charge is 0.261 e. The van der Waals surface area contributed by atoms with E-state index >= 15 is 0 Å². The molecule has 180 valence electrons. The highest BCUT2D eigenvalue weighted by Crippen LogP contribution is 2.24. The first kappa shape index (κ1) is 24.2. The van der Waals surface area contributed by atoms with Crippen LogP contribution in [0, 0.1) is 25.5 Å². The zero-order chi connectivity index (χ0) is 25.3. The lowest BCUT2D eigenvalue weighted by Crippen LogP contribution is -2.24. The first-order valence-electron chi connectivity index (χ1n) is 10.9. The third kappa shape index (κ3) is 5.09. The summed E-state index contributed by atoms with van der Waals surface area (Å²) >= 11 is 0. The second kappa shape index (κ2) is 9.34. The van der Waals surface area contributed by atoms with Gasteiger partial charge in [0, 0.05) is 41.3 Å². The molecule has 0 unspecified atom stereocenters. The van der Waals surface area contributed by atoms with Crippen LogP contribution in [-0.2, 0) is 12.2 Å². The number of hydrogen-bond acceptors (Lipinski definition) is 6. The maximum absolute atomic E-state index is 14.0. The molecule has 3 aromatic heterocycles. The van der Waals surface area contributed by atoms with E-state index in [1.165, 1.54) is 10.6 Å². The second-order valence-electron chi connectivity index (χ2n) is 8.70. The van der Waals surface area contributed by atoms with Crippen LogP contribution < -0.4 is 10.3 Å². The number of halogens is 2. The Bertz CT molecular complexity index is 1460. The van der Waals surface area contributed by atoms with Gasteiger partial charge in [-0.3, -0.25) is 14.3 Å². The van der Waals surface area contributed by atoms with Gasteiger partial charge in [-0.15, -0.1) is 0 Å². The van der Waals surface area contributed by atoms with Gasteiger partial charge in [0.15, 0.2) is 5.82 Å². The number of ether oxygens (including phenoxy) is 1. The fourth-order valence-electron chi connectivity index (χ4n) is 3.57. The van der Waals surface area contributed by atoms with Gasteiger partial charge < -0.3 is 9.84 Å². The van der Waals surface area contributed by atoms with Crippen LogP contribution in [0.1, 0.15) is 36.5 Å². The molecule has 0 aliphatic heterocycles. The fraction of sp³-hybridized carbons (Fsp3) is 0.231. The number of pyridine rings is 2. The average molecular weight is 478 g/mol. The SMILES string of the molecule is Cc1c(OCc2ccc(F)cc2F)cc(C)n(-c2cncc(-c3ccnc(C(C)(C)O)n3)c2)c1=O. The lowest BCUT2D eigenvalue weighted by atomic mass is 10.1. The van der Waals surface area contributed by atoms with Crippen molar-refractivity contribution >= 4 is 0 Å². The molecule has 0 saturated heterocycles. The van der Waals surface area contributed by atoms with Gasteiger partial charge in [-0.25, -0.2) is 18.7 Å². The average Bonchev–Trinajstić information content (AvgIpc) is 2.81. The van der Waals surface area contributed by atoms with Crippen molar-refractivity contribution in [2.75, 3.05) is 0 Å². The molecule has 4 rings (SSSR count). The molecule has 3 heterocycles. The normalized spacial score (nSPS) is 11.5. The molecule has 0 bridgehead atoms. The topological polar surface area (TPSA) is 90.1 Å². The summed E-state index contributed by atoms with van der Waals surface area (Å²) in [6.45, 7) is 6.41. The second-order valence-corrected chi connectivity index (χ2v) is 8.70. The predicted molar refractivity (Wildman–Crippen MR) is 126 cm³/mol. The number of aryl methyl sites for hydroxylation is 1. The molecule has 0 spiro atoms. The lowest BCUT2D eigenvalue weighted by molar-refractivity contribution is 0.0688. The van der Waals surface area contributed by atoms with Crippen molar-refractivity contribution in [1.29, 1.82) is 0 Å². The maximum Gasteiger partial charge on any atom is 0.261 e. The van der Waals surface area contributed by atoms with Crippen molar-refractivity contribution in [3.8, 4) is 22.7 Å². The molecule has 0 saturated carbocycles. The van der Waals surface area contributed by atoms with E-state index < -0.39 is 17.2 Å². The van der Waals surface area contributed by atoms with Crippen LogP contribution in [0.3, 0.4) is 0 Å². The van der Waals surface area contributed by atoms with E-state index in [0.717, 1.165) is 12.1 Å². The minimum atomic E-state index is -1.21. The molecule has 1 aromatic carbocycles. The van der Waals surface area contributed by atoms with E-state index in [2.05, 4.69) is 15.0 Å². The van der Waals surface area contributed by atoms with Gasteiger partial charge >= 0.3 is 0 Å². The molecule has 35 heavy (non-hydrogen) atoms. The molecule has 4 aromatic rings. The number of hydrogen-bond donors (Lipinski definition) is 1. The van der Waals surface area contributed by atoms with Crippen molar-refractivity contribution in [2.45, 2.75) is 39.9 Å². The van der Waals surface area contributed by atoms with Crippen molar-refractivity contribution in [1.82, 2.24) is 19.5 Å². The van der Waals surface area contributed by atoms with E-state index in [1.807, 2.05) is 0 Å². The van der Waals surface area contributed by atoms with Gasteiger partial charge in [0.25, 0.3) is 5.56 Å². The van der Waals surface area contributed by atoms with Crippen LogP contribution in [0.2, 0.25) is 0 Å². The molecule has 0 fully saturated rings. The first-order chi connectivity index (χ1) is 16.5. The van der Waals surface area contributed by atoms with Crippen molar-refractivity contribution < 1.29 is 18.6 Å². The van der Waals surface area contributed by atoms with E-state index in [1.54, 1.807) is 64.5 Å². The molecule has 0 amide bonds. The Labute approximate surface area is 200 Å². The quantitative estimate of drug-likeness (QED) is 0.442. The Kier molecular flexibility index (Phi) is 6.45.